The quantitative estimate of drug-likeness (QED) is 0.792. The van der Waals surface area contributed by atoms with E-state index in [0.29, 0.717) is 36.6 Å². The van der Waals surface area contributed by atoms with Crippen LogP contribution >= 0.6 is 0 Å². The molecule has 0 fully saturated rings. The summed E-state index contributed by atoms with van der Waals surface area (Å²) in [5.74, 6) is 0.281. The molecule has 0 aliphatic carbocycles. The number of benzene rings is 1. The zero-order valence-corrected chi connectivity index (χ0v) is 11.7. The monoisotopic (exact) mass is 288 g/mol. The molecule has 21 heavy (non-hydrogen) atoms. The molecule has 110 valence electrons. The van der Waals surface area contributed by atoms with E-state index in [1.807, 2.05) is 0 Å². The number of hydrogen-bond donors (Lipinski definition) is 2. The first kappa shape index (κ1) is 13.6. The Bertz CT molecular complexity index is 639. The lowest BCUT2D eigenvalue weighted by Crippen LogP contribution is -2.35. The van der Waals surface area contributed by atoms with Crippen molar-refractivity contribution in [2.45, 2.75) is 19.8 Å². The number of amides is 2. The highest BCUT2D eigenvalue weighted by atomic mass is 16.5. The highest BCUT2D eigenvalue weighted by Gasteiger charge is 2.31. The van der Waals surface area contributed by atoms with Gasteiger partial charge in [0.05, 0.1) is 18.7 Å². The molecule has 6 heteroatoms. The number of rotatable bonds is 2. The van der Waals surface area contributed by atoms with Crippen molar-refractivity contribution in [2.75, 3.05) is 18.5 Å². The van der Waals surface area contributed by atoms with Crippen LogP contribution < -0.4 is 15.4 Å². The third kappa shape index (κ3) is 2.61. The van der Waals surface area contributed by atoms with Crippen LogP contribution in [0.3, 0.4) is 0 Å². The third-order valence-electron chi connectivity index (χ3n) is 3.75. The van der Waals surface area contributed by atoms with Crippen molar-refractivity contribution in [3.63, 3.8) is 0 Å². The van der Waals surface area contributed by atoms with Crippen molar-refractivity contribution < 1.29 is 19.1 Å². The average molecular weight is 288 g/mol. The molecule has 1 aromatic carbocycles. The maximum Gasteiger partial charge on any atom is 0.232 e. The van der Waals surface area contributed by atoms with Crippen LogP contribution in [-0.2, 0) is 16.0 Å². The summed E-state index contributed by atoms with van der Waals surface area (Å²) in [4.78, 5) is 34.6. The fourth-order valence-electron chi connectivity index (χ4n) is 2.79. The van der Waals surface area contributed by atoms with Crippen molar-refractivity contribution in [1.29, 1.82) is 0 Å². The van der Waals surface area contributed by atoms with Crippen molar-refractivity contribution in [2.24, 2.45) is 5.92 Å². The number of fused-ring (bicyclic) bond motifs is 3. The fourth-order valence-corrected chi connectivity index (χ4v) is 2.79. The second-order valence-corrected chi connectivity index (χ2v) is 5.43. The van der Waals surface area contributed by atoms with Gasteiger partial charge in [-0.2, -0.15) is 0 Å². The van der Waals surface area contributed by atoms with Crippen LogP contribution in [-0.4, -0.2) is 30.7 Å². The number of carbonyl (C=O) groups excluding carboxylic acids is 3. The van der Waals surface area contributed by atoms with Gasteiger partial charge >= 0.3 is 0 Å². The molecule has 1 atom stereocenters. The van der Waals surface area contributed by atoms with Gasteiger partial charge in [0.15, 0.2) is 5.78 Å². The molecule has 0 saturated heterocycles. The Hall–Kier alpha value is -2.37. The van der Waals surface area contributed by atoms with Crippen molar-refractivity contribution in [3.8, 4) is 5.75 Å². The Morgan fingerprint density at radius 3 is 3.00 bits per heavy atom. The van der Waals surface area contributed by atoms with E-state index < -0.39 is 0 Å². The Labute approximate surface area is 121 Å². The van der Waals surface area contributed by atoms with Gasteiger partial charge in [-0.3, -0.25) is 14.4 Å². The molecule has 6 nitrogen and oxygen atoms in total. The molecule has 1 unspecified atom stereocenters. The molecule has 0 spiro atoms. The van der Waals surface area contributed by atoms with E-state index in [1.165, 1.54) is 6.92 Å². The van der Waals surface area contributed by atoms with Crippen LogP contribution in [0.25, 0.3) is 0 Å². The van der Waals surface area contributed by atoms with Gasteiger partial charge in [-0.15, -0.1) is 0 Å². The Kier molecular flexibility index (Phi) is 3.37. The molecule has 2 amide bonds. The first-order valence-corrected chi connectivity index (χ1v) is 6.90. The van der Waals surface area contributed by atoms with E-state index in [1.54, 1.807) is 12.1 Å². The second-order valence-electron chi connectivity index (χ2n) is 5.43. The fraction of sp³-hybridized carbons (Fsp3) is 0.400. The summed E-state index contributed by atoms with van der Waals surface area (Å²) in [6.45, 7) is 2.49. The number of hydrogen-bond acceptors (Lipinski definition) is 4. The summed E-state index contributed by atoms with van der Waals surface area (Å²) in [6.07, 6.45) is 0.528. The average Bonchev–Trinajstić information content (AvgIpc) is 2.43. The third-order valence-corrected chi connectivity index (χ3v) is 3.75. The van der Waals surface area contributed by atoms with Crippen molar-refractivity contribution in [1.82, 2.24) is 5.32 Å². The molecule has 0 aromatic heterocycles. The Morgan fingerprint density at radius 1 is 1.43 bits per heavy atom. The molecular weight excluding hydrogens is 272 g/mol. The molecule has 2 N–H and O–H groups in total. The molecule has 2 aliphatic rings. The smallest absolute Gasteiger partial charge is 0.232 e. The molecule has 0 radical (unpaired) electrons. The topological polar surface area (TPSA) is 84.5 Å². The van der Waals surface area contributed by atoms with Crippen LogP contribution in [0.1, 0.15) is 29.3 Å². The summed E-state index contributed by atoms with van der Waals surface area (Å²) in [7, 11) is 0. The molecule has 1 aromatic rings. The highest BCUT2D eigenvalue weighted by molar-refractivity contribution is 6.19. The van der Waals surface area contributed by atoms with E-state index in [9.17, 15) is 14.4 Å². The SMILES string of the molecule is CC(=O)NCC1COc2ccc3c(c2C1)C(=O)CC(=O)N3. The Balaban J connectivity index is 1.90. The zero-order valence-electron chi connectivity index (χ0n) is 11.7. The largest absolute Gasteiger partial charge is 0.493 e. The van der Waals surface area contributed by atoms with Gasteiger partial charge in [0.2, 0.25) is 11.8 Å². The second kappa shape index (κ2) is 5.20. The van der Waals surface area contributed by atoms with Gasteiger partial charge < -0.3 is 15.4 Å². The number of ether oxygens (including phenoxy) is 1. The maximum absolute atomic E-state index is 12.2. The number of nitrogens with one attached hydrogen (secondary N) is 2. The number of ketones is 1. The van der Waals surface area contributed by atoms with Crippen LogP contribution in [0.15, 0.2) is 12.1 Å². The molecule has 3 rings (SSSR count). The molecule has 2 heterocycles. The first-order chi connectivity index (χ1) is 10.0. The zero-order chi connectivity index (χ0) is 15.0. The van der Waals surface area contributed by atoms with E-state index in [4.69, 9.17) is 4.74 Å². The molecule has 0 bridgehead atoms. The number of anilines is 1. The van der Waals surface area contributed by atoms with E-state index in [2.05, 4.69) is 10.6 Å². The summed E-state index contributed by atoms with van der Waals surface area (Å²) >= 11 is 0. The van der Waals surface area contributed by atoms with Crippen molar-refractivity contribution >= 4 is 23.3 Å². The van der Waals surface area contributed by atoms with Crippen LogP contribution in [0.2, 0.25) is 0 Å². The minimum atomic E-state index is -0.279. The van der Waals surface area contributed by atoms with Gasteiger partial charge in [0.1, 0.15) is 5.75 Å². The normalized spacial score (nSPS) is 20.0. The van der Waals surface area contributed by atoms with Gasteiger partial charge in [-0.25, -0.2) is 0 Å². The summed E-state index contributed by atoms with van der Waals surface area (Å²) in [6, 6.07) is 3.49. The van der Waals surface area contributed by atoms with Crippen LogP contribution in [0.4, 0.5) is 5.69 Å². The predicted molar refractivity (Wildman–Crippen MR) is 75.4 cm³/mol. The number of carbonyl (C=O) groups is 3. The van der Waals surface area contributed by atoms with E-state index >= 15 is 0 Å². The van der Waals surface area contributed by atoms with Crippen molar-refractivity contribution in [3.05, 3.63) is 23.3 Å². The summed E-state index contributed by atoms with van der Waals surface area (Å²) in [5.41, 5.74) is 1.94. The van der Waals surface area contributed by atoms with Crippen LogP contribution in [0.5, 0.6) is 5.75 Å². The van der Waals surface area contributed by atoms with E-state index in [-0.39, 0.29) is 29.9 Å². The highest BCUT2D eigenvalue weighted by Crippen LogP contribution is 2.36. The Morgan fingerprint density at radius 2 is 2.24 bits per heavy atom. The van der Waals surface area contributed by atoms with Crippen LogP contribution in [0, 0.1) is 5.92 Å². The lowest BCUT2D eigenvalue weighted by molar-refractivity contribution is -0.119. The number of Topliss-reactive ketones (excluding diaryl/α,β-unsaturated/α-hetero) is 1. The first-order valence-electron chi connectivity index (χ1n) is 6.90. The van der Waals surface area contributed by atoms with Gasteiger partial charge in [0, 0.05) is 30.5 Å². The van der Waals surface area contributed by atoms with E-state index in [0.717, 1.165) is 5.56 Å². The molecule has 2 aliphatic heterocycles. The van der Waals surface area contributed by atoms with Gasteiger partial charge in [-0.1, -0.05) is 0 Å². The predicted octanol–water partition coefficient (Wildman–Crippen LogP) is 0.899. The van der Waals surface area contributed by atoms with Gasteiger partial charge in [-0.05, 0) is 18.6 Å². The maximum atomic E-state index is 12.2. The lowest BCUT2D eigenvalue weighted by atomic mass is 9.88. The minimum absolute atomic E-state index is 0.0840. The molecule has 0 saturated carbocycles. The summed E-state index contributed by atoms with van der Waals surface area (Å²) in [5, 5.41) is 5.49. The molecular formula is C15H16N2O4. The lowest BCUT2D eigenvalue weighted by Gasteiger charge is -2.29. The standard InChI is InChI=1S/C15H16N2O4/c1-8(18)16-6-9-4-10-13(21-7-9)3-2-11-15(10)12(19)5-14(20)17-11/h2-3,9H,4-7H2,1H3,(H,16,18)(H,17,20). The summed E-state index contributed by atoms with van der Waals surface area (Å²) < 4.78 is 5.69. The van der Waals surface area contributed by atoms with Gasteiger partial charge in [0.25, 0.3) is 0 Å². The minimum Gasteiger partial charge on any atom is -0.493 e.